The number of aromatic nitrogens is 2. The third-order valence-electron chi connectivity index (χ3n) is 3.77. The number of amides is 1. The highest BCUT2D eigenvalue weighted by atomic mass is 32.2. The van der Waals surface area contributed by atoms with Gasteiger partial charge in [0.2, 0.25) is 0 Å². The maximum atomic E-state index is 12.1. The first-order chi connectivity index (χ1) is 10.4. The summed E-state index contributed by atoms with van der Waals surface area (Å²) >= 11 is 0. The van der Waals surface area contributed by atoms with Crippen LogP contribution in [0.15, 0.2) is 36.5 Å². The number of carbonyl (C=O) groups is 1. The lowest BCUT2D eigenvalue weighted by Gasteiger charge is -2.11. The van der Waals surface area contributed by atoms with Crippen LogP contribution in [-0.4, -0.2) is 41.7 Å². The van der Waals surface area contributed by atoms with Gasteiger partial charge in [0.15, 0.2) is 9.84 Å². The Morgan fingerprint density at radius 3 is 2.55 bits per heavy atom. The van der Waals surface area contributed by atoms with E-state index >= 15 is 0 Å². The summed E-state index contributed by atoms with van der Waals surface area (Å²) in [7, 11) is -2.99. The normalized spacial score (nSPS) is 20.0. The lowest BCUT2D eigenvalue weighted by molar-refractivity contribution is 0.0941. The molecule has 1 N–H and O–H groups in total. The van der Waals surface area contributed by atoms with Crippen molar-refractivity contribution in [2.45, 2.75) is 19.4 Å². The Kier molecular flexibility index (Phi) is 3.74. The van der Waals surface area contributed by atoms with Gasteiger partial charge in [-0.2, -0.15) is 5.10 Å². The second-order valence-electron chi connectivity index (χ2n) is 5.50. The number of rotatable bonds is 3. The van der Waals surface area contributed by atoms with Crippen molar-refractivity contribution >= 4 is 15.7 Å². The van der Waals surface area contributed by atoms with Crippen molar-refractivity contribution in [2.24, 2.45) is 0 Å². The van der Waals surface area contributed by atoms with Crippen molar-refractivity contribution in [3.63, 3.8) is 0 Å². The number of carbonyl (C=O) groups excluding carboxylic acids is 1. The van der Waals surface area contributed by atoms with Gasteiger partial charge in [0.25, 0.3) is 5.91 Å². The van der Waals surface area contributed by atoms with Gasteiger partial charge in [-0.1, -0.05) is 0 Å². The Bertz CT molecular complexity index is 794. The molecule has 0 spiro atoms. The second kappa shape index (κ2) is 5.57. The summed E-state index contributed by atoms with van der Waals surface area (Å²) < 4.78 is 24.6. The topological polar surface area (TPSA) is 81.1 Å². The summed E-state index contributed by atoms with van der Waals surface area (Å²) in [5.41, 5.74) is 2.40. The van der Waals surface area contributed by atoms with Gasteiger partial charge in [0.1, 0.15) is 0 Å². The minimum absolute atomic E-state index is 0.0311. The van der Waals surface area contributed by atoms with Crippen LogP contribution in [0.5, 0.6) is 0 Å². The molecule has 1 aliphatic rings. The van der Waals surface area contributed by atoms with E-state index in [1.165, 1.54) is 0 Å². The Morgan fingerprint density at radius 2 is 2.00 bits per heavy atom. The van der Waals surface area contributed by atoms with Gasteiger partial charge in [0.05, 0.1) is 17.2 Å². The molecule has 0 saturated carbocycles. The van der Waals surface area contributed by atoms with Crippen LogP contribution in [0.3, 0.4) is 0 Å². The molecule has 1 atom stereocenters. The maximum absolute atomic E-state index is 12.1. The predicted octanol–water partition coefficient (Wildman–Crippen LogP) is 1.10. The predicted molar refractivity (Wildman–Crippen MR) is 82.8 cm³/mol. The van der Waals surface area contributed by atoms with E-state index in [1.807, 2.05) is 25.1 Å². The zero-order valence-electron chi connectivity index (χ0n) is 12.2. The summed E-state index contributed by atoms with van der Waals surface area (Å²) in [6.07, 6.45) is 2.20. The molecular weight excluding hydrogens is 302 g/mol. The first-order valence-electron chi connectivity index (χ1n) is 7.07. The third-order valence-corrected chi connectivity index (χ3v) is 5.54. The molecule has 7 heteroatoms. The molecule has 6 nitrogen and oxygen atoms in total. The van der Waals surface area contributed by atoms with Crippen LogP contribution in [-0.2, 0) is 9.84 Å². The minimum Gasteiger partial charge on any atom is -0.348 e. The van der Waals surface area contributed by atoms with E-state index in [4.69, 9.17) is 0 Å². The Morgan fingerprint density at radius 1 is 1.27 bits per heavy atom. The molecule has 1 amide bonds. The highest BCUT2D eigenvalue weighted by Gasteiger charge is 2.29. The van der Waals surface area contributed by atoms with E-state index in [2.05, 4.69) is 10.4 Å². The zero-order chi connectivity index (χ0) is 15.7. The molecule has 1 unspecified atom stereocenters. The number of sulfone groups is 1. The molecule has 1 aromatic heterocycles. The molecular formula is C15H17N3O3S. The number of hydrogen-bond acceptors (Lipinski definition) is 4. The number of nitrogens with zero attached hydrogens (tertiary/aromatic N) is 2. The van der Waals surface area contributed by atoms with Crippen molar-refractivity contribution in [2.75, 3.05) is 11.5 Å². The Hall–Kier alpha value is -2.15. The van der Waals surface area contributed by atoms with Gasteiger partial charge in [-0.3, -0.25) is 4.79 Å². The summed E-state index contributed by atoms with van der Waals surface area (Å²) in [4.78, 5) is 12.1. The van der Waals surface area contributed by atoms with E-state index in [0.29, 0.717) is 12.0 Å². The van der Waals surface area contributed by atoms with E-state index in [9.17, 15) is 13.2 Å². The maximum Gasteiger partial charge on any atom is 0.251 e. The van der Waals surface area contributed by atoms with Crippen LogP contribution < -0.4 is 5.32 Å². The quantitative estimate of drug-likeness (QED) is 0.918. The van der Waals surface area contributed by atoms with E-state index < -0.39 is 9.84 Å². The van der Waals surface area contributed by atoms with Crippen molar-refractivity contribution in [1.82, 2.24) is 15.1 Å². The minimum atomic E-state index is -2.99. The van der Waals surface area contributed by atoms with Crippen molar-refractivity contribution in [3.05, 3.63) is 47.8 Å². The number of aryl methyl sites for hydroxylation is 1. The van der Waals surface area contributed by atoms with Gasteiger partial charge >= 0.3 is 0 Å². The highest BCUT2D eigenvalue weighted by molar-refractivity contribution is 7.91. The van der Waals surface area contributed by atoms with Gasteiger partial charge in [0, 0.05) is 23.5 Å². The van der Waals surface area contributed by atoms with Crippen LogP contribution in [0, 0.1) is 6.92 Å². The molecule has 1 saturated heterocycles. The molecule has 0 bridgehead atoms. The standard InChI is InChI=1S/C15H17N3O3S/c1-11-6-8-16-18(11)14-4-2-12(3-5-14)15(19)17-13-7-9-22(20,21)10-13/h2-6,8,13H,7,9-10H2,1H3,(H,17,19). The van der Waals surface area contributed by atoms with Crippen molar-refractivity contribution in [3.8, 4) is 5.69 Å². The molecule has 116 valence electrons. The molecule has 2 heterocycles. The van der Waals surface area contributed by atoms with Crippen LogP contribution in [0.2, 0.25) is 0 Å². The monoisotopic (exact) mass is 319 g/mol. The molecule has 1 aliphatic heterocycles. The molecule has 1 fully saturated rings. The van der Waals surface area contributed by atoms with Crippen molar-refractivity contribution < 1.29 is 13.2 Å². The summed E-state index contributed by atoms with van der Waals surface area (Å²) in [5.74, 6) is -0.0653. The lowest BCUT2D eigenvalue weighted by Crippen LogP contribution is -2.35. The molecule has 22 heavy (non-hydrogen) atoms. The summed E-state index contributed by atoms with van der Waals surface area (Å²) in [5, 5.41) is 6.98. The van der Waals surface area contributed by atoms with Gasteiger partial charge in [-0.25, -0.2) is 13.1 Å². The molecule has 1 aromatic carbocycles. The van der Waals surface area contributed by atoms with Gasteiger partial charge < -0.3 is 5.32 Å². The Labute approximate surface area is 129 Å². The van der Waals surface area contributed by atoms with Crippen LogP contribution >= 0.6 is 0 Å². The van der Waals surface area contributed by atoms with Crippen LogP contribution in [0.1, 0.15) is 22.5 Å². The summed E-state index contributed by atoms with van der Waals surface area (Å²) in [6, 6.07) is 8.69. The molecule has 0 aliphatic carbocycles. The average Bonchev–Trinajstić information content (AvgIpc) is 3.04. The zero-order valence-corrected chi connectivity index (χ0v) is 13.0. The van der Waals surface area contributed by atoms with Crippen LogP contribution in [0.4, 0.5) is 0 Å². The van der Waals surface area contributed by atoms with Crippen LogP contribution in [0.25, 0.3) is 5.69 Å². The Balaban J connectivity index is 1.70. The number of benzene rings is 1. The first-order valence-corrected chi connectivity index (χ1v) is 8.89. The third kappa shape index (κ3) is 3.04. The molecule has 0 radical (unpaired) electrons. The highest BCUT2D eigenvalue weighted by Crippen LogP contribution is 2.14. The van der Waals surface area contributed by atoms with E-state index in [1.54, 1.807) is 23.0 Å². The van der Waals surface area contributed by atoms with Crippen molar-refractivity contribution in [1.29, 1.82) is 0 Å². The van der Waals surface area contributed by atoms with E-state index in [0.717, 1.165) is 11.4 Å². The SMILES string of the molecule is Cc1ccnn1-c1ccc(C(=O)NC2CCS(=O)(=O)C2)cc1. The second-order valence-corrected chi connectivity index (χ2v) is 7.73. The molecule has 2 aromatic rings. The molecule has 3 rings (SSSR count). The average molecular weight is 319 g/mol. The number of hydrogen-bond donors (Lipinski definition) is 1. The first kappa shape index (κ1) is 14.8. The van der Waals surface area contributed by atoms with E-state index in [-0.39, 0.29) is 23.5 Å². The largest absolute Gasteiger partial charge is 0.348 e. The van der Waals surface area contributed by atoms with Gasteiger partial charge in [-0.15, -0.1) is 0 Å². The number of nitrogens with one attached hydrogen (secondary N) is 1. The summed E-state index contributed by atoms with van der Waals surface area (Å²) in [6.45, 7) is 1.95. The lowest BCUT2D eigenvalue weighted by atomic mass is 10.1. The fraction of sp³-hybridized carbons (Fsp3) is 0.333. The fourth-order valence-electron chi connectivity index (χ4n) is 2.57. The van der Waals surface area contributed by atoms with Gasteiger partial charge in [-0.05, 0) is 43.7 Å². The smallest absolute Gasteiger partial charge is 0.251 e. The fourth-order valence-corrected chi connectivity index (χ4v) is 4.24.